The van der Waals surface area contributed by atoms with Gasteiger partial charge in [0.15, 0.2) is 0 Å². The van der Waals surface area contributed by atoms with Gasteiger partial charge in [0.2, 0.25) is 0 Å². The summed E-state index contributed by atoms with van der Waals surface area (Å²) in [7, 11) is 2.04. The summed E-state index contributed by atoms with van der Waals surface area (Å²) < 4.78 is 12.6. The molecule has 84 valence electrons. The summed E-state index contributed by atoms with van der Waals surface area (Å²) in [5.41, 5.74) is 1.13. The van der Waals surface area contributed by atoms with Crippen molar-refractivity contribution in [3.05, 3.63) is 35.6 Å². The summed E-state index contributed by atoms with van der Waals surface area (Å²) in [6.45, 7) is 3.79. The molecular weight excluding hydrogens is 213 g/mol. The molecule has 0 N–H and O–H groups in total. The minimum Gasteiger partial charge on any atom is -0.302 e. The Kier molecular flexibility index (Phi) is 5.06. The zero-order valence-corrected chi connectivity index (χ0v) is 9.97. The molecule has 0 spiro atoms. The van der Waals surface area contributed by atoms with Crippen molar-refractivity contribution in [1.29, 1.82) is 0 Å². The van der Waals surface area contributed by atoms with Crippen LogP contribution in [0.25, 0.3) is 0 Å². The highest BCUT2D eigenvalue weighted by Crippen LogP contribution is 2.07. The van der Waals surface area contributed by atoms with Gasteiger partial charge in [-0.25, -0.2) is 4.39 Å². The van der Waals surface area contributed by atoms with Crippen molar-refractivity contribution in [2.75, 3.05) is 13.6 Å². The van der Waals surface area contributed by atoms with Gasteiger partial charge in [0.1, 0.15) is 5.82 Å². The molecule has 0 fully saturated rings. The first-order chi connectivity index (χ1) is 7.08. The fourth-order valence-electron chi connectivity index (χ4n) is 1.38. The number of nitrogens with zero attached hydrogens (tertiary/aromatic N) is 1. The summed E-state index contributed by atoms with van der Waals surface area (Å²) in [5, 5.41) is 0.209. The Morgan fingerprint density at radius 3 is 2.47 bits per heavy atom. The molecule has 1 nitrogen and oxygen atoms in total. The minimum absolute atomic E-state index is 0.184. The molecule has 0 aromatic heterocycles. The third kappa shape index (κ3) is 5.14. The molecule has 1 aromatic carbocycles. The summed E-state index contributed by atoms with van der Waals surface area (Å²) >= 11 is 5.87. The van der Waals surface area contributed by atoms with Crippen LogP contribution in [0.3, 0.4) is 0 Å². The zero-order valence-electron chi connectivity index (χ0n) is 9.21. The second-order valence-electron chi connectivity index (χ2n) is 3.93. The van der Waals surface area contributed by atoms with Crippen LogP contribution in [-0.2, 0) is 6.54 Å². The van der Waals surface area contributed by atoms with Crippen LogP contribution in [0, 0.1) is 5.82 Å². The van der Waals surface area contributed by atoms with E-state index >= 15 is 0 Å². The van der Waals surface area contributed by atoms with E-state index in [1.54, 1.807) is 0 Å². The molecule has 1 unspecified atom stereocenters. The van der Waals surface area contributed by atoms with Gasteiger partial charge in [-0.3, -0.25) is 0 Å². The zero-order chi connectivity index (χ0) is 11.3. The maximum Gasteiger partial charge on any atom is 0.123 e. The molecule has 0 radical (unpaired) electrons. The number of rotatable bonds is 5. The SMILES string of the molecule is CC(Cl)CCN(C)Cc1ccc(F)cc1. The third-order valence-corrected chi connectivity index (χ3v) is 2.49. The van der Waals surface area contributed by atoms with Crippen molar-refractivity contribution in [1.82, 2.24) is 4.90 Å². The normalized spacial score (nSPS) is 13.1. The molecule has 1 aromatic rings. The van der Waals surface area contributed by atoms with Gasteiger partial charge in [0, 0.05) is 11.9 Å². The van der Waals surface area contributed by atoms with Gasteiger partial charge in [-0.05, 0) is 44.6 Å². The lowest BCUT2D eigenvalue weighted by molar-refractivity contribution is 0.321. The predicted molar refractivity (Wildman–Crippen MR) is 62.7 cm³/mol. The van der Waals surface area contributed by atoms with Crippen LogP contribution in [0.2, 0.25) is 0 Å². The van der Waals surface area contributed by atoms with Crippen molar-refractivity contribution in [3.8, 4) is 0 Å². The molecule has 0 saturated heterocycles. The van der Waals surface area contributed by atoms with E-state index in [-0.39, 0.29) is 11.2 Å². The van der Waals surface area contributed by atoms with Crippen LogP contribution in [-0.4, -0.2) is 23.9 Å². The van der Waals surface area contributed by atoms with Crippen molar-refractivity contribution >= 4 is 11.6 Å². The topological polar surface area (TPSA) is 3.24 Å². The van der Waals surface area contributed by atoms with Gasteiger partial charge in [-0.2, -0.15) is 0 Å². The molecule has 0 aliphatic heterocycles. The van der Waals surface area contributed by atoms with Crippen LogP contribution < -0.4 is 0 Å². The molecule has 0 bridgehead atoms. The maximum absolute atomic E-state index is 12.6. The number of halogens is 2. The van der Waals surface area contributed by atoms with Crippen molar-refractivity contribution in [2.45, 2.75) is 25.3 Å². The third-order valence-electron chi connectivity index (χ3n) is 2.27. The lowest BCUT2D eigenvalue weighted by atomic mass is 10.2. The summed E-state index contributed by atoms with van der Waals surface area (Å²) in [4.78, 5) is 2.19. The molecule has 0 amide bonds. The second-order valence-corrected chi connectivity index (χ2v) is 4.68. The Morgan fingerprint density at radius 1 is 1.33 bits per heavy atom. The van der Waals surface area contributed by atoms with Crippen LogP contribution in [0.1, 0.15) is 18.9 Å². The Bertz CT molecular complexity index is 284. The fraction of sp³-hybridized carbons (Fsp3) is 0.500. The fourth-order valence-corrected chi connectivity index (χ4v) is 1.48. The van der Waals surface area contributed by atoms with E-state index in [0.717, 1.165) is 25.1 Å². The predicted octanol–water partition coefficient (Wildman–Crippen LogP) is 3.27. The second kappa shape index (κ2) is 6.09. The number of hydrogen-bond acceptors (Lipinski definition) is 1. The van der Waals surface area contributed by atoms with Gasteiger partial charge in [0.05, 0.1) is 0 Å². The van der Waals surface area contributed by atoms with E-state index in [1.165, 1.54) is 12.1 Å². The number of hydrogen-bond donors (Lipinski definition) is 0. The molecule has 0 heterocycles. The van der Waals surface area contributed by atoms with Crippen LogP contribution >= 0.6 is 11.6 Å². The van der Waals surface area contributed by atoms with Gasteiger partial charge in [-0.1, -0.05) is 12.1 Å². The molecular formula is C12H17ClFN. The highest BCUT2D eigenvalue weighted by molar-refractivity contribution is 6.20. The Labute approximate surface area is 95.8 Å². The summed E-state index contributed by atoms with van der Waals surface area (Å²) in [6, 6.07) is 6.62. The maximum atomic E-state index is 12.6. The van der Waals surface area contributed by atoms with Gasteiger partial charge < -0.3 is 4.90 Å². The molecule has 0 aliphatic rings. The molecule has 0 saturated carbocycles. The first-order valence-corrected chi connectivity index (χ1v) is 5.58. The largest absolute Gasteiger partial charge is 0.302 e. The first-order valence-electron chi connectivity index (χ1n) is 5.15. The number of benzene rings is 1. The number of alkyl halides is 1. The van der Waals surface area contributed by atoms with E-state index < -0.39 is 0 Å². The smallest absolute Gasteiger partial charge is 0.123 e. The molecule has 3 heteroatoms. The highest BCUT2D eigenvalue weighted by Gasteiger charge is 2.02. The van der Waals surface area contributed by atoms with Crippen molar-refractivity contribution < 1.29 is 4.39 Å². The lowest BCUT2D eigenvalue weighted by Gasteiger charge is -2.17. The average molecular weight is 230 g/mol. The molecule has 0 aliphatic carbocycles. The molecule has 15 heavy (non-hydrogen) atoms. The van der Waals surface area contributed by atoms with Crippen LogP contribution in [0.5, 0.6) is 0 Å². The van der Waals surface area contributed by atoms with E-state index in [0.29, 0.717) is 0 Å². The standard InChI is InChI=1S/C12H17ClFN/c1-10(13)7-8-15(2)9-11-3-5-12(14)6-4-11/h3-6,10H,7-9H2,1-2H3. The molecule has 1 atom stereocenters. The van der Waals surface area contributed by atoms with Gasteiger partial charge in [0.25, 0.3) is 0 Å². The van der Waals surface area contributed by atoms with E-state index in [4.69, 9.17) is 11.6 Å². The quantitative estimate of drug-likeness (QED) is 0.701. The Balaban J connectivity index is 2.37. The van der Waals surface area contributed by atoms with Crippen molar-refractivity contribution in [3.63, 3.8) is 0 Å². The first kappa shape index (κ1) is 12.5. The monoisotopic (exact) mass is 229 g/mol. The van der Waals surface area contributed by atoms with Crippen LogP contribution in [0.15, 0.2) is 24.3 Å². The van der Waals surface area contributed by atoms with Crippen molar-refractivity contribution in [2.24, 2.45) is 0 Å². The van der Waals surface area contributed by atoms with E-state index in [2.05, 4.69) is 4.90 Å². The lowest BCUT2D eigenvalue weighted by Crippen LogP contribution is -2.20. The minimum atomic E-state index is -0.184. The highest BCUT2D eigenvalue weighted by atomic mass is 35.5. The molecule has 1 rings (SSSR count). The van der Waals surface area contributed by atoms with Gasteiger partial charge >= 0.3 is 0 Å². The summed E-state index contributed by atoms with van der Waals surface area (Å²) in [5.74, 6) is -0.184. The van der Waals surface area contributed by atoms with Gasteiger partial charge in [-0.15, -0.1) is 11.6 Å². The summed E-state index contributed by atoms with van der Waals surface area (Å²) in [6.07, 6.45) is 0.971. The van der Waals surface area contributed by atoms with Crippen LogP contribution in [0.4, 0.5) is 4.39 Å². The average Bonchev–Trinajstić information content (AvgIpc) is 2.19. The Hall–Kier alpha value is -0.600. The van der Waals surface area contributed by atoms with E-state index in [9.17, 15) is 4.39 Å². The van der Waals surface area contributed by atoms with E-state index in [1.807, 2.05) is 26.1 Å². The Morgan fingerprint density at radius 2 is 1.93 bits per heavy atom.